The van der Waals surface area contributed by atoms with Gasteiger partial charge in [0.2, 0.25) is 5.82 Å². The molecule has 3 heterocycles. The lowest BCUT2D eigenvalue weighted by molar-refractivity contribution is 0.0702. The molecule has 0 atom stereocenters. The highest BCUT2D eigenvalue weighted by atomic mass is 35.5. The third-order valence-corrected chi connectivity index (χ3v) is 5.36. The number of carbonyl (C=O) groups excluding carboxylic acids is 1. The molecule has 26 heavy (non-hydrogen) atoms. The summed E-state index contributed by atoms with van der Waals surface area (Å²) in [4.78, 5) is 16.8. The minimum Gasteiger partial charge on any atom is -0.336 e. The van der Waals surface area contributed by atoms with Gasteiger partial charge in [-0.15, -0.1) is 10.2 Å². The van der Waals surface area contributed by atoms with E-state index in [1.807, 2.05) is 15.5 Å². The molecule has 0 N–H and O–H groups in total. The summed E-state index contributed by atoms with van der Waals surface area (Å²) < 4.78 is 15.5. The van der Waals surface area contributed by atoms with E-state index in [-0.39, 0.29) is 10.9 Å². The summed E-state index contributed by atoms with van der Waals surface area (Å²) in [7, 11) is 0. The van der Waals surface area contributed by atoms with E-state index in [1.165, 1.54) is 12.5 Å². The monoisotopic (exact) mass is 377 g/mol. The number of hydrogen-bond donors (Lipinski definition) is 0. The summed E-state index contributed by atoms with van der Waals surface area (Å²) in [6.45, 7) is 4.22. The van der Waals surface area contributed by atoms with Crippen LogP contribution in [0.15, 0.2) is 18.2 Å². The van der Waals surface area contributed by atoms with Gasteiger partial charge in [0.1, 0.15) is 11.6 Å². The van der Waals surface area contributed by atoms with Gasteiger partial charge in [-0.05, 0) is 37.0 Å². The number of likely N-dealkylation sites (tertiary alicyclic amines) is 1. The molecule has 0 spiro atoms. The van der Waals surface area contributed by atoms with Gasteiger partial charge in [-0.1, -0.05) is 17.7 Å². The first kappa shape index (κ1) is 17.4. The Morgan fingerprint density at radius 2 is 1.92 bits per heavy atom. The zero-order valence-corrected chi connectivity index (χ0v) is 15.3. The van der Waals surface area contributed by atoms with Crippen molar-refractivity contribution in [3.63, 3.8) is 0 Å². The van der Waals surface area contributed by atoms with Crippen LogP contribution in [0.3, 0.4) is 0 Å². The number of amides is 1. The summed E-state index contributed by atoms with van der Waals surface area (Å²) in [5.74, 6) is 0.806. The second kappa shape index (κ2) is 7.32. The average Bonchev–Trinajstić information content (AvgIpc) is 3.08. The molecular weight excluding hydrogens is 357 g/mol. The highest BCUT2D eigenvalue weighted by Gasteiger charge is 2.28. The highest BCUT2D eigenvalue weighted by molar-refractivity contribution is 6.30. The van der Waals surface area contributed by atoms with E-state index in [2.05, 4.69) is 15.1 Å². The molecule has 1 amide bonds. The van der Waals surface area contributed by atoms with Crippen LogP contribution in [0.2, 0.25) is 5.02 Å². The maximum absolute atomic E-state index is 13.6. The molecule has 0 aliphatic carbocycles. The summed E-state index contributed by atoms with van der Waals surface area (Å²) in [5.41, 5.74) is 0.865. The Morgan fingerprint density at radius 3 is 2.69 bits per heavy atom. The van der Waals surface area contributed by atoms with Crippen LogP contribution in [0.1, 0.15) is 41.3 Å². The molecule has 1 saturated heterocycles. The van der Waals surface area contributed by atoms with Gasteiger partial charge in [-0.25, -0.2) is 4.39 Å². The number of nitrogens with zero attached hydrogens (tertiary/aromatic N) is 5. The van der Waals surface area contributed by atoms with Crippen LogP contribution >= 0.6 is 11.6 Å². The second-order valence-electron chi connectivity index (χ2n) is 6.90. The van der Waals surface area contributed by atoms with Crippen LogP contribution < -0.4 is 0 Å². The van der Waals surface area contributed by atoms with Crippen molar-refractivity contribution >= 4 is 17.5 Å². The minimum atomic E-state index is -0.404. The molecule has 1 aromatic heterocycles. The van der Waals surface area contributed by atoms with Crippen LogP contribution in [-0.4, -0.2) is 50.1 Å². The van der Waals surface area contributed by atoms with Crippen molar-refractivity contribution in [2.24, 2.45) is 0 Å². The molecule has 1 fully saturated rings. The SMILES string of the molecule is O=C(c1nnc2n1CCN(Cc1ccc(Cl)c(F)c1)C2)N1CCCCC1. The van der Waals surface area contributed by atoms with E-state index in [9.17, 15) is 9.18 Å². The van der Waals surface area contributed by atoms with Crippen molar-refractivity contribution in [2.75, 3.05) is 19.6 Å². The standard InChI is InChI=1S/C18H21ClFN5O/c19-14-5-4-13(10-15(14)20)11-23-8-9-25-16(12-23)21-22-17(25)18(26)24-6-2-1-3-7-24/h4-5,10H,1-3,6-9,11-12H2. The number of hydrogen-bond acceptors (Lipinski definition) is 4. The molecule has 138 valence electrons. The fourth-order valence-electron chi connectivity index (χ4n) is 3.64. The fraction of sp³-hybridized carbons (Fsp3) is 0.500. The van der Waals surface area contributed by atoms with Crippen molar-refractivity contribution < 1.29 is 9.18 Å². The Morgan fingerprint density at radius 1 is 1.12 bits per heavy atom. The van der Waals surface area contributed by atoms with Crippen molar-refractivity contribution in [1.82, 2.24) is 24.6 Å². The molecule has 0 saturated carbocycles. The zero-order chi connectivity index (χ0) is 18.1. The van der Waals surface area contributed by atoms with Gasteiger partial charge in [-0.3, -0.25) is 9.69 Å². The van der Waals surface area contributed by atoms with E-state index in [1.54, 1.807) is 6.07 Å². The maximum Gasteiger partial charge on any atom is 0.291 e. The Hall–Kier alpha value is -1.99. The first-order valence-corrected chi connectivity index (χ1v) is 9.37. The van der Waals surface area contributed by atoms with Gasteiger partial charge in [0.05, 0.1) is 11.6 Å². The van der Waals surface area contributed by atoms with E-state index < -0.39 is 5.82 Å². The second-order valence-corrected chi connectivity index (χ2v) is 7.31. The van der Waals surface area contributed by atoms with Crippen LogP contribution in [0.4, 0.5) is 4.39 Å². The Kier molecular flexibility index (Phi) is 4.91. The molecule has 0 radical (unpaired) electrons. The number of halogens is 2. The van der Waals surface area contributed by atoms with Crippen molar-refractivity contribution in [1.29, 1.82) is 0 Å². The number of fused-ring (bicyclic) bond motifs is 1. The number of aromatic nitrogens is 3. The van der Waals surface area contributed by atoms with E-state index in [0.29, 0.717) is 25.5 Å². The first-order valence-electron chi connectivity index (χ1n) is 8.99. The fourth-order valence-corrected chi connectivity index (χ4v) is 3.75. The highest BCUT2D eigenvalue weighted by Crippen LogP contribution is 2.20. The normalized spacial score (nSPS) is 18.0. The minimum absolute atomic E-state index is 0.0170. The van der Waals surface area contributed by atoms with Crippen LogP contribution in [0, 0.1) is 5.82 Å². The molecule has 8 heteroatoms. The molecule has 0 bridgehead atoms. The van der Waals surface area contributed by atoms with Gasteiger partial charge in [0.25, 0.3) is 5.91 Å². The van der Waals surface area contributed by atoms with Gasteiger partial charge in [-0.2, -0.15) is 0 Å². The Balaban J connectivity index is 1.45. The molecule has 2 aromatic rings. The molecule has 1 aromatic carbocycles. The Labute approximate surface area is 156 Å². The summed E-state index contributed by atoms with van der Waals surface area (Å²) in [6, 6.07) is 4.87. The smallest absolute Gasteiger partial charge is 0.291 e. The number of carbonyl (C=O) groups is 1. The lowest BCUT2D eigenvalue weighted by Gasteiger charge is -2.29. The Bertz CT molecular complexity index is 818. The van der Waals surface area contributed by atoms with E-state index in [4.69, 9.17) is 11.6 Å². The zero-order valence-electron chi connectivity index (χ0n) is 14.5. The van der Waals surface area contributed by atoms with Crippen molar-refractivity contribution in [3.05, 3.63) is 46.3 Å². The van der Waals surface area contributed by atoms with Crippen molar-refractivity contribution in [3.8, 4) is 0 Å². The number of rotatable bonds is 3. The van der Waals surface area contributed by atoms with Crippen LogP contribution in [-0.2, 0) is 19.6 Å². The van der Waals surface area contributed by atoms with Gasteiger partial charge in [0, 0.05) is 32.7 Å². The van der Waals surface area contributed by atoms with E-state index in [0.717, 1.165) is 43.9 Å². The topological polar surface area (TPSA) is 54.3 Å². The molecule has 2 aliphatic rings. The molecule has 6 nitrogen and oxygen atoms in total. The lowest BCUT2D eigenvalue weighted by Crippen LogP contribution is -2.39. The predicted octanol–water partition coefficient (Wildman–Crippen LogP) is 2.71. The third-order valence-electron chi connectivity index (χ3n) is 5.06. The molecule has 2 aliphatic heterocycles. The molecule has 4 rings (SSSR count). The summed E-state index contributed by atoms with van der Waals surface area (Å²) in [6.07, 6.45) is 3.29. The van der Waals surface area contributed by atoms with Crippen LogP contribution in [0.25, 0.3) is 0 Å². The molecular formula is C18H21ClFN5O. The van der Waals surface area contributed by atoms with Crippen molar-refractivity contribution in [2.45, 2.75) is 38.9 Å². The predicted molar refractivity (Wildman–Crippen MR) is 95.3 cm³/mol. The van der Waals surface area contributed by atoms with Crippen LogP contribution in [0.5, 0.6) is 0 Å². The number of piperidine rings is 1. The summed E-state index contributed by atoms with van der Waals surface area (Å²) >= 11 is 5.74. The number of benzene rings is 1. The van der Waals surface area contributed by atoms with Gasteiger partial charge < -0.3 is 9.47 Å². The first-order chi connectivity index (χ1) is 12.6. The summed E-state index contributed by atoms with van der Waals surface area (Å²) in [5, 5.41) is 8.51. The largest absolute Gasteiger partial charge is 0.336 e. The molecule has 0 unspecified atom stereocenters. The average molecular weight is 378 g/mol. The van der Waals surface area contributed by atoms with E-state index >= 15 is 0 Å². The third kappa shape index (κ3) is 3.46. The maximum atomic E-state index is 13.6. The van der Waals surface area contributed by atoms with Gasteiger partial charge >= 0.3 is 0 Å². The van der Waals surface area contributed by atoms with Gasteiger partial charge in [0.15, 0.2) is 0 Å². The lowest BCUT2D eigenvalue weighted by atomic mass is 10.1. The quantitative estimate of drug-likeness (QED) is 0.825.